The van der Waals surface area contributed by atoms with Gasteiger partial charge in [-0.25, -0.2) is 4.68 Å². The number of nitrogens with one attached hydrogen (secondary N) is 1. The van der Waals surface area contributed by atoms with E-state index in [0.717, 1.165) is 11.1 Å². The van der Waals surface area contributed by atoms with Gasteiger partial charge in [0.15, 0.2) is 0 Å². The fourth-order valence-corrected chi connectivity index (χ4v) is 2.32. The smallest absolute Gasteiger partial charge is 0.354 e. The molecule has 106 valence electrons. The van der Waals surface area contributed by atoms with Gasteiger partial charge in [0.1, 0.15) is 0 Å². The normalized spacial score (nSPS) is 18.5. The third-order valence-electron chi connectivity index (χ3n) is 3.34. The van der Waals surface area contributed by atoms with E-state index in [-0.39, 0.29) is 12.0 Å². The first-order chi connectivity index (χ1) is 9.45. The lowest BCUT2D eigenvalue weighted by Gasteiger charge is -2.24. The van der Waals surface area contributed by atoms with E-state index in [1.807, 2.05) is 31.2 Å². The molecule has 4 nitrogen and oxygen atoms in total. The van der Waals surface area contributed by atoms with Crippen molar-refractivity contribution in [2.75, 3.05) is 11.9 Å². The van der Waals surface area contributed by atoms with E-state index in [9.17, 15) is 13.2 Å². The van der Waals surface area contributed by atoms with E-state index >= 15 is 0 Å². The Morgan fingerprint density at radius 1 is 1.25 bits per heavy atom. The molecule has 0 radical (unpaired) electrons. The Bertz CT molecular complexity index is 616. The molecular formula is C13H13F3N4. The number of hydrogen-bond donors (Lipinski definition) is 1. The predicted octanol–water partition coefficient (Wildman–Crippen LogP) is 3.01. The number of rotatable bonds is 1. The molecule has 1 aliphatic heterocycles. The Hall–Kier alpha value is -2.05. The first-order valence-corrected chi connectivity index (χ1v) is 6.29. The van der Waals surface area contributed by atoms with Gasteiger partial charge in [-0.15, -0.1) is 5.10 Å². The van der Waals surface area contributed by atoms with Crippen molar-refractivity contribution in [3.63, 3.8) is 0 Å². The van der Waals surface area contributed by atoms with E-state index in [2.05, 4.69) is 15.4 Å². The summed E-state index contributed by atoms with van der Waals surface area (Å²) in [6.45, 7) is 2.55. The largest absolute Gasteiger partial charge is 0.453 e. The number of nitrogens with zero attached hydrogens (tertiary/aromatic N) is 3. The molecule has 7 heteroatoms. The summed E-state index contributed by atoms with van der Waals surface area (Å²) in [5.74, 6) is -0.923. The maximum Gasteiger partial charge on any atom is 0.453 e. The highest BCUT2D eigenvalue weighted by molar-refractivity contribution is 5.34. The van der Waals surface area contributed by atoms with E-state index in [0.29, 0.717) is 13.0 Å². The average molecular weight is 282 g/mol. The summed E-state index contributed by atoms with van der Waals surface area (Å²) in [6.07, 6.45) is -3.85. The first-order valence-electron chi connectivity index (χ1n) is 6.29. The summed E-state index contributed by atoms with van der Waals surface area (Å²) in [5.41, 5.74) is 2.05. The number of fused-ring (bicyclic) bond motifs is 1. The van der Waals surface area contributed by atoms with Gasteiger partial charge in [0.25, 0.3) is 5.82 Å². The second kappa shape index (κ2) is 4.50. The van der Waals surface area contributed by atoms with Crippen LogP contribution in [0.1, 0.15) is 29.4 Å². The summed E-state index contributed by atoms with van der Waals surface area (Å²) in [5, 5.41) is 6.48. The van der Waals surface area contributed by atoms with Gasteiger partial charge in [-0.1, -0.05) is 29.8 Å². The minimum atomic E-state index is -4.52. The molecule has 0 saturated carbocycles. The van der Waals surface area contributed by atoms with Crippen molar-refractivity contribution in [2.45, 2.75) is 25.6 Å². The average Bonchev–Trinajstić information content (AvgIpc) is 2.83. The van der Waals surface area contributed by atoms with E-state index < -0.39 is 12.0 Å². The monoisotopic (exact) mass is 282 g/mol. The lowest BCUT2D eigenvalue weighted by Crippen LogP contribution is -2.24. The van der Waals surface area contributed by atoms with E-state index in [1.54, 1.807) is 0 Å². The Morgan fingerprint density at radius 2 is 1.95 bits per heavy atom. The zero-order chi connectivity index (χ0) is 14.3. The van der Waals surface area contributed by atoms with Crippen molar-refractivity contribution < 1.29 is 13.2 Å². The molecule has 0 aliphatic carbocycles. The van der Waals surface area contributed by atoms with Crippen LogP contribution in [0.3, 0.4) is 0 Å². The molecule has 2 heterocycles. The Balaban J connectivity index is 2.01. The van der Waals surface area contributed by atoms with Gasteiger partial charge < -0.3 is 5.32 Å². The third-order valence-corrected chi connectivity index (χ3v) is 3.34. The number of halogens is 3. The zero-order valence-corrected chi connectivity index (χ0v) is 10.8. The van der Waals surface area contributed by atoms with Crippen molar-refractivity contribution in [3.8, 4) is 0 Å². The molecule has 1 aromatic heterocycles. The molecule has 1 N–H and O–H groups in total. The molecule has 1 aromatic carbocycles. The maximum atomic E-state index is 12.7. The summed E-state index contributed by atoms with van der Waals surface area (Å²) in [7, 11) is 0. The lowest BCUT2D eigenvalue weighted by molar-refractivity contribution is -0.145. The lowest BCUT2D eigenvalue weighted by atomic mass is 10.0. The Labute approximate surface area is 113 Å². The molecule has 0 fully saturated rings. The summed E-state index contributed by atoms with van der Waals surface area (Å²) in [6, 6.07) is 7.51. The summed E-state index contributed by atoms with van der Waals surface area (Å²) in [4.78, 5) is 3.53. The van der Waals surface area contributed by atoms with Crippen LogP contribution in [0.5, 0.6) is 0 Å². The van der Waals surface area contributed by atoms with Crippen molar-refractivity contribution in [2.24, 2.45) is 0 Å². The van der Waals surface area contributed by atoms with Gasteiger partial charge in [0.05, 0.1) is 6.04 Å². The molecule has 20 heavy (non-hydrogen) atoms. The van der Waals surface area contributed by atoms with Gasteiger partial charge in [-0.3, -0.25) is 0 Å². The van der Waals surface area contributed by atoms with Crippen LogP contribution in [0.2, 0.25) is 0 Å². The second-order valence-electron chi connectivity index (χ2n) is 4.84. The molecule has 0 amide bonds. The van der Waals surface area contributed by atoms with Gasteiger partial charge in [0, 0.05) is 6.54 Å². The number of hydrogen-bond acceptors (Lipinski definition) is 3. The highest BCUT2D eigenvalue weighted by Crippen LogP contribution is 2.33. The van der Waals surface area contributed by atoms with Gasteiger partial charge >= 0.3 is 6.18 Å². The van der Waals surface area contributed by atoms with Crippen LogP contribution in [0.25, 0.3) is 0 Å². The molecule has 0 bridgehead atoms. The minimum absolute atomic E-state index is 0.175. The van der Waals surface area contributed by atoms with Crippen LogP contribution < -0.4 is 5.32 Å². The van der Waals surface area contributed by atoms with Gasteiger partial charge in [-0.05, 0) is 18.9 Å². The quantitative estimate of drug-likeness (QED) is 0.874. The number of aromatic nitrogens is 3. The predicted molar refractivity (Wildman–Crippen MR) is 67.4 cm³/mol. The zero-order valence-electron chi connectivity index (χ0n) is 10.8. The molecule has 0 saturated heterocycles. The molecule has 1 aliphatic rings. The molecule has 0 spiro atoms. The highest BCUT2D eigenvalue weighted by atomic mass is 19.4. The second-order valence-corrected chi connectivity index (χ2v) is 4.84. The molecular weight excluding hydrogens is 269 g/mol. The first kappa shape index (κ1) is 13.0. The van der Waals surface area contributed by atoms with Gasteiger partial charge in [-0.2, -0.15) is 18.2 Å². The number of alkyl halides is 3. The number of aryl methyl sites for hydroxylation is 1. The topological polar surface area (TPSA) is 42.7 Å². The highest BCUT2D eigenvalue weighted by Gasteiger charge is 2.38. The molecule has 1 atom stereocenters. The Kier molecular flexibility index (Phi) is 2.92. The van der Waals surface area contributed by atoms with Gasteiger partial charge in [0.2, 0.25) is 5.95 Å². The van der Waals surface area contributed by atoms with E-state index in [1.165, 1.54) is 4.68 Å². The van der Waals surface area contributed by atoms with Crippen LogP contribution in [-0.4, -0.2) is 21.3 Å². The fourth-order valence-electron chi connectivity index (χ4n) is 2.32. The van der Waals surface area contributed by atoms with Crippen LogP contribution in [-0.2, 0) is 6.18 Å². The van der Waals surface area contributed by atoms with Crippen LogP contribution in [0.4, 0.5) is 19.1 Å². The van der Waals surface area contributed by atoms with Crippen LogP contribution in [0, 0.1) is 6.92 Å². The van der Waals surface area contributed by atoms with Crippen LogP contribution in [0.15, 0.2) is 24.3 Å². The maximum absolute atomic E-state index is 12.7. The summed E-state index contributed by atoms with van der Waals surface area (Å²) < 4.78 is 39.4. The third kappa shape index (κ3) is 2.23. The summed E-state index contributed by atoms with van der Waals surface area (Å²) >= 11 is 0. The van der Waals surface area contributed by atoms with Crippen molar-refractivity contribution in [3.05, 3.63) is 41.2 Å². The number of benzene rings is 1. The molecule has 2 aromatic rings. The van der Waals surface area contributed by atoms with E-state index in [4.69, 9.17) is 0 Å². The van der Waals surface area contributed by atoms with Crippen molar-refractivity contribution >= 4 is 5.95 Å². The standard InChI is InChI=1S/C13H13F3N4/c1-8-2-4-9(5-3-8)10-6-7-17-12-18-11(13(14,15)16)19-20(10)12/h2-5,10H,6-7H2,1H3,(H,17,18,19). The molecule has 1 unspecified atom stereocenters. The van der Waals surface area contributed by atoms with Crippen molar-refractivity contribution in [1.82, 2.24) is 14.8 Å². The van der Waals surface area contributed by atoms with Crippen molar-refractivity contribution in [1.29, 1.82) is 0 Å². The minimum Gasteiger partial charge on any atom is -0.354 e. The molecule has 3 rings (SSSR count). The fraction of sp³-hybridized carbons (Fsp3) is 0.385. The SMILES string of the molecule is Cc1ccc(C2CCNc3nc(C(F)(F)F)nn32)cc1. The Morgan fingerprint density at radius 3 is 2.60 bits per heavy atom. The number of anilines is 1. The van der Waals surface area contributed by atoms with Crippen LogP contribution >= 0.6 is 0 Å².